The van der Waals surface area contributed by atoms with Crippen LogP contribution in [0.4, 0.5) is 5.69 Å². The molecule has 0 aliphatic rings. The van der Waals surface area contributed by atoms with Crippen molar-refractivity contribution < 1.29 is 14.1 Å². The third-order valence-electron chi connectivity index (χ3n) is 1.25. The first-order valence-electron chi connectivity index (χ1n) is 3.05. The van der Waals surface area contributed by atoms with Gasteiger partial charge in [0.1, 0.15) is 0 Å². The first kappa shape index (κ1) is 8.19. The Morgan fingerprint density at radius 1 is 1.75 bits per heavy atom. The van der Waals surface area contributed by atoms with E-state index in [9.17, 15) is 14.9 Å². The van der Waals surface area contributed by atoms with Gasteiger partial charge in [0.05, 0.1) is 17.3 Å². The van der Waals surface area contributed by atoms with Gasteiger partial charge in [-0.3, -0.25) is 14.9 Å². The minimum atomic E-state index is -0.680. The van der Waals surface area contributed by atoms with Crippen molar-refractivity contribution in [2.24, 2.45) is 0 Å². The summed E-state index contributed by atoms with van der Waals surface area (Å²) >= 11 is 0. The Morgan fingerprint density at radius 3 is 2.92 bits per heavy atom. The normalized spacial score (nSPS) is 9.33. The summed E-state index contributed by atoms with van der Waals surface area (Å²) < 4.78 is 4.62. The summed E-state index contributed by atoms with van der Waals surface area (Å²) in [6.07, 6.45) is 2.06. The summed E-state index contributed by atoms with van der Waals surface area (Å²) in [5.74, 6) is -0.873. The van der Waals surface area contributed by atoms with Crippen molar-refractivity contribution in [2.75, 3.05) is 0 Å². The average molecular weight is 167 g/mol. The molecule has 0 N–H and O–H groups in total. The fraction of sp³-hybridized carbons (Fsp3) is 0. The van der Waals surface area contributed by atoms with Crippen LogP contribution in [0.15, 0.2) is 29.4 Å². The van der Waals surface area contributed by atoms with Crippen LogP contribution in [0.1, 0.15) is 10.6 Å². The van der Waals surface area contributed by atoms with Crippen molar-refractivity contribution in [3.8, 4) is 0 Å². The molecule has 0 amide bonds. The van der Waals surface area contributed by atoms with Crippen molar-refractivity contribution in [3.05, 3.63) is 40.9 Å². The predicted octanol–water partition coefficient (Wildman–Crippen LogP) is 1.56. The van der Waals surface area contributed by atoms with Crippen LogP contribution in [0, 0.1) is 10.1 Å². The van der Waals surface area contributed by atoms with Gasteiger partial charge in [-0.05, 0) is 6.08 Å². The SMILES string of the molecule is C=CC(=O)c1occc1[N+](=O)[O-]. The molecular weight excluding hydrogens is 162 g/mol. The minimum absolute atomic E-state index is 0.282. The van der Waals surface area contributed by atoms with E-state index in [0.29, 0.717) is 0 Å². The average Bonchev–Trinajstić information content (AvgIpc) is 2.50. The summed E-state index contributed by atoms with van der Waals surface area (Å²) in [5, 5.41) is 10.3. The van der Waals surface area contributed by atoms with Gasteiger partial charge in [0.2, 0.25) is 5.78 Å². The van der Waals surface area contributed by atoms with E-state index in [1.807, 2.05) is 0 Å². The van der Waals surface area contributed by atoms with Crippen LogP contribution in [0.3, 0.4) is 0 Å². The maximum Gasteiger partial charge on any atom is 0.318 e. The van der Waals surface area contributed by atoms with Crippen molar-refractivity contribution in [1.29, 1.82) is 0 Å². The molecule has 0 aliphatic heterocycles. The van der Waals surface area contributed by atoms with E-state index in [0.717, 1.165) is 18.4 Å². The van der Waals surface area contributed by atoms with E-state index in [1.54, 1.807) is 0 Å². The highest BCUT2D eigenvalue weighted by atomic mass is 16.6. The molecule has 0 aromatic carbocycles. The third kappa shape index (κ3) is 1.24. The molecule has 0 aliphatic carbocycles. The molecule has 5 heteroatoms. The Labute approximate surface area is 67.4 Å². The molecule has 0 saturated heterocycles. The summed E-state index contributed by atoms with van der Waals surface area (Å²) in [6.45, 7) is 3.18. The number of carbonyl (C=O) groups excluding carboxylic acids is 1. The first-order chi connectivity index (χ1) is 5.66. The molecule has 5 nitrogen and oxygen atoms in total. The zero-order chi connectivity index (χ0) is 9.14. The number of nitro groups is 1. The third-order valence-corrected chi connectivity index (χ3v) is 1.25. The van der Waals surface area contributed by atoms with Gasteiger partial charge >= 0.3 is 5.69 Å². The van der Waals surface area contributed by atoms with E-state index in [1.165, 1.54) is 0 Å². The Kier molecular flexibility index (Phi) is 2.05. The molecule has 12 heavy (non-hydrogen) atoms. The number of furan rings is 1. The topological polar surface area (TPSA) is 73.3 Å². The Balaban J connectivity index is 3.15. The standard InChI is InChI=1S/C7H5NO4/c1-2-6(9)7-5(8(10)11)3-4-12-7/h2-4H,1H2. The molecular formula is C7H5NO4. The highest BCUT2D eigenvalue weighted by molar-refractivity contribution is 6.04. The predicted molar refractivity (Wildman–Crippen MR) is 39.9 cm³/mol. The number of rotatable bonds is 3. The van der Waals surface area contributed by atoms with Gasteiger partial charge in [-0.1, -0.05) is 6.58 Å². The lowest BCUT2D eigenvalue weighted by Gasteiger charge is -1.87. The van der Waals surface area contributed by atoms with Crippen molar-refractivity contribution in [3.63, 3.8) is 0 Å². The van der Waals surface area contributed by atoms with E-state index < -0.39 is 10.7 Å². The maximum atomic E-state index is 10.9. The van der Waals surface area contributed by atoms with Crippen LogP contribution in [-0.2, 0) is 0 Å². The number of allylic oxidation sites excluding steroid dienone is 1. The van der Waals surface area contributed by atoms with E-state index in [2.05, 4.69) is 11.0 Å². The largest absolute Gasteiger partial charge is 0.454 e. The van der Waals surface area contributed by atoms with E-state index >= 15 is 0 Å². The number of hydrogen-bond acceptors (Lipinski definition) is 4. The zero-order valence-corrected chi connectivity index (χ0v) is 6.02. The number of ketones is 1. The maximum absolute atomic E-state index is 10.9. The number of nitrogens with zero attached hydrogens (tertiary/aromatic N) is 1. The lowest BCUT2D eigenvalue weighted by Crippen LogP contribution is -1.96. The van der Waals surface area contributed by atoms with Crippen LogP contribution >= 0.6 is 0 Å². The summed E-state index contributed by atoms with van der Waals surface area (Å²) in [5.41, 5.74) is -0.333. The number of carbonyl (C=O) groups is 1. The molecule has 1 rings (SSSR count). The van der Waals surface area contributed by atoms with E-state index in [4.69, 9.17) is 0 Å². The van der Waals surface area contributed by atoms with Crippen molar-refractivity contribution >= 4 is 11.5 Å². The van der Waals surface area contributed by atoms with Gasteiger partial charge in [-0.15, -0.1) is 0 Å². The Morgan fingerprint density at radius 2 is 2.42 bits per heavy atom. The molecule has 1 aromatic heterocycles. The van der Waals surface area contributed by atoms with Crippen LogP contribution in [0.25, 0.3) is 0 Å². The van der Waals surface area contributed by atoms with Crippen LogP contribution in [-0.4, -0.2) is 10.7 Å². The second-order valence-electron chi connectivity index (χ2n) is 1.96. The summed E-state index contributed by atoms with van der Waals surface area (Å²) in [6, 6.07) is 1.12. The molecule has 0 bridgehead atoms. The molecule has 0 atom stereocenters. The molecule has 0 unspecified atom stereocenters. The quantitative estimate of drug-likeness (QED) is 0.296. The van der Waals surface area contributed by atoms with Gasteiger partial charge in [-0.25, -0.2) is 0 Å². The fourth-order valence-corrected chi connectivity index (χ4v) is 0.723. The Bertz CT molecular complexity index is 339. The molecule has 0 radical (unpaired) electrons. The minimum Gasteiger partial charge on any atom is -0.454 e. The van der Waals surface area contributed by atoms with Crippen LogP contribution in [0.5, 0.6) is 0 Å². The van der Waals surface area contributed by atoms with Crippen LogP contribution in [0.2, 0.25) is 0 Å². The lowest BCUT2D eigenvalue weighted by atomic mass is 10.3. The van der Waals surface area contributed by atoms with Gasteiger partial charge in [0.25, 0.3) is 5.76 Å². The van der Waals surface area contributed by atoms with Gasteiger partial charge in [0, 0.05) is 0 Å². The first-order valence-corrected chi connectivity index (χ1v) is 3.05. The molecule has 0 fully saturated rings. The highest BCUT2D eigenvalue weighted by Gasteiger charge is 2.21. The van der Waals surface area contributed by atoms with Crippen molar-refractivity contribution in [1.82, 2.24) is 0 Å². The van der Waals surface area contributed by atoms with Crippen molar-refractivity contribution in [2.45, 2.75) is 0 Å². The summed E-state index contributed by atoms with van der Waals surface area (Å²) in [4.78, 5) is 20.5. The molecule has 0 spiro atoms. The van der Waals surface area contributed by atoms with E-state index in [-0.39, 0.29) is 11.4 Å². The molecule has 0 saturated carbocycles. The van der Waals surface area contributed by atoms with Gasteiger partial charge in [-0.2, -0.15) is 0 Å². The van der Waals surface area contributed by atoms with Crippen LogP contribution < -0.4 is 0 Å². The highest BCUT2D eigenvalue weighted by Crippen LogP contribution is 2.19. The summed E-state index contributed by atoms with van der Waals surface area (Å²) in [7, 11) is 0. The number of hydrogen-bond donors (Lipinski definition) is 0. The second kappa shape index (κ2) is 3.00. The lowest BCUT2D eigenvalue weighted by molar-refractivity contribution is -0.385. The Hall–Kier alpha value is -1.91. The molecule has 62 valence electrons. The molecule has 1 heterocycles. The zero-order valence-electron chi connectivity index (χ0n) is 6.02. The van der Waals surface area contributed by atoms with Gasteiger partial charge < -0.3 is 4.42 Å². The molecule has 1 aromatic rings. The fourth-order valence-electron chi connectivity index (χ4n) is 0.723. The smallest absolute Gasteiger partial charge is 0.318 e. The second-order valence-corrected chi connectivity index (χ2v) is 1.96. The monoisotopic (exact) mass is 167 g/mol. The van der Waals surface area contributed by atoms with Gasteiger partial charge in [0.15, 0.2) is 0 Å².